The van der Waals surface area contributed by atoms with Crippen molar-refractivity contribution < 1.29 is 14.0 Å². The number of hydrogen-bond donors (Lipinski definition) is 0. The summed E-state index contributed by atoms with van der Waals surface area (Å²) in [6.07, 6.45) is 0. The van der Waals surface area contributed by atoms with Crippen LogP contribution in [0.15, 0.2) is 53.0 Å². The van der Waals surface area contributed by atoms with Gasteiger partial charge in [-0.1, -0.05) is 28.1 Å². The van der Waals surface area contributed by atoms with Gasteiger partial charge in [-0.15, -0.1) is 0 Å². The highest BCUT2D eigenvalue weighted by atomic mass is 79.9. The van der Waals surface area contributed by atoms with E-state index < -0.39 is 0 Å². The van der Waals surface area contributed by atoms with Crippen LogP contribution >= 0.6 is 15.9 Å². The summed E-state index contributed by atoms with van der Waals surface area (Å²) in [5.74, 6) is -1.15. The van der Waals surface area contributed by atoms with Crippen LogP contribution in [0.3, 0.4) is 0 Å². The van der Waals surface area contributed by atoms with Gasteiger partial charge in [0.1, 0.15) is 11.6 Å². The van der Waals surface area contributed by atoms with E-state index >= 15 is 0 Å². The van der Waals surface area contributed by atoms with Gasteiger partial charge in [0.25, 0.3) is 0 Å². The number of carbonyl (C=O) groups is 2. The van der Waals surface area contributed by atoms with Gasteiger partial charge in [0.2, 0.25) is 0 Å². The zero-order valence-corrected chi connectivity index (χ0v) is 13.5. The Kier molecular flexibility index (Phi) is 3.96. The second-order valence-corrected chi connectivity index (χ2v) is 6.53. The highest BCUT2D eigenvalue weighted by Gasteiger charge is 2.57. The van der Waals surface area contributed by atoms with Crippen LogP contribution < -0.4 is 0 Å². The number of benzene rings is 2. The largest absolute Gasteiger partial charge is 0.300 e. The molecule has 0 bridgehead atoms. The minimum atomic E-state index is -0.375. The lowest BCUT2D eigenvalue weighted by atomic mass is 10.0. The molecule has 2 nitrogen and oxygen atoms in total. The molecule has 1 aliphatic rings. The lowest BCUT2D eigenvalue weighted by molar-refractivity contribution is -0.118. The molecule has 4 heteroatoms. The first-order valence-corrected chi connectivity index (χ1v) is 7.84. The molecule has 1 fully saturated rings. The summed E-state index contributed by atoms with van der Waals surface area (Å²) in [7, 11) is 0. The summed E-state index contributed by atoms with van der Waals surface area (Å²) in [5, 5.41) is 0. The molecule has 3 atom stereocenters. The first-order valence-electron chi connectivity index (χ1n) is 7.04. The monoisotopic (exact) mass is 360 g/mol. The van der Waals surface area contributed by atoms with Crippen molar-refractivity contribution in [3.63, 3.8) is 0 Å². The molecule has 1 aliphatic carbocycles. The van der Waals surface area contributed by atoms with Gasteiger partial charge in [-0.3, -0.25) is 9.59 Å². The quantitative estimate of drug-likeness (QED) is 0.757. The van der Waals surface area contributed by atoms with E-state index in [-0.39, 0.29) is 35.1 Å². The van der Waals surface area contributed by atoms with E-state index in [0.29, 0.717) is 5.56 Å². The maximum absolute atomic E-state index is 13.0. The lowest BCUT2D eigenvalue weighted by Crippen LogP contribution is -2.06. The number of halogens is 2. The molecular weight excluding hydrogens is 347 g/mol. The zero-order valence-electron chi connectivity index (χ0n) is 11.9. The smallest absolute Gasteiger partial charge is 0.167 e. The van der Waals surface area contributed by atoms with Crippen molar-refractivity contribution in [3.05, 3.63) is 69.9 Å². The Morgan fingerprint density at radius 3 is 2.09 bits per heavy atom. The summed E-state index contributed by atoms with van der Waals surface area (Å²) >= 11 is 3.38. The van der Waals surface area contributed by atoms with Gasteiger partial charge >= 0.3 is 0 Å². The molecule has 0 radical (unpaired) electrons. The lowest BCUT2D eigenvalue weighted by Gasteiger charge is -2.01. The summed E-state index contributed by atoms with van der Waals surface area (Å²) in [4.78, 5) is 24.4. The Morgan fingerprint density at radius 2 is 1.55 bits per heavy atom. The molecule has 2 aromatic carbocycles. The highest BCUT2D eigenvalue weighted by molar-refractivity contribution is 9.10. The molecule has 0 N–H and O–H groups in total. The average Bonchev–Trinajstić information content (AvgIpc) is 3.24. The minimum Gasteiger partial charge on any atom is -0.300 e. The SMILES string of the molecule is CC(=O)C1C(C(=O)c2ccc(F)cc2)C1c1ccc(Br)cc1. The topological polar surface area (TPSA) is 34.1 Å². The van der Waals surface area contributed by atoms with Gasteiger partial charge in [-0.2, -0.15) is 0 Å². The van der Waals surface area contributed by atoms with Gasteiger partial charge in [-0.25, -0.2) is 4.39 Å². The number of carbonyl (C=O) groups excluding carboxylic acids is 2. The van der Waals surface area contributed by atoms with Gasteiger partial charge in [0.15, 0.2) is 5.78 Å². The summed E-state index contributed by atoms with van der Waals surface area (Å²) < 4.78 is 13.9. The van der Waals surface area contributed by atoms with Crippen LogP contribution in [0.1, 0.15) is 28.8 Å². The van der Waals surface area contributed by atoms with Gasteiger partial charge in [-0.05, 0) is 48.9 Å². The minimum absolute atomic E-state index is 0.0216. The van der Waals surface area contributed by atoms with E-state index in [2.05, 4.69) is 15.9 Å². The Bertz CT molecular complexity index is 722. The van der Waals surface area contributed by atoms with E-state index in [1.807, 2.05) is 24.3 Å². The van der Waals surface area contributed by atoms with E-state index in [4.69, 9.17) is 0 Å². The van der Waals surface area contributed by atoms with Crippen molar-refractivity contribution in [1.82, 2.24) is 0 Å². The second kappa shape index (κ2) is 5.76. The van der Waals surface area contributed by atoms with Gasteiger partial charge < -0.3 is 0 Å². The van der Waals surface area contributed by atoms with Gasteiger partial charge in [0.05, 0.1) is 0 Å². The van der Waals surface area contributed by atoms with Crippen molar-refractivity contribution in [2.75, 3.05) is 0 Å². The van der Waals surface area contributed by atoms with Crippen LogP contribution in [0.2, 0.25) is 0 Å². The number of Topliss-reactive ketones (excluding diaryl/α,β-unsaturated/α-hetero) is 2. The maximum Gasteiger partial charge on any atom is 0.167 e. The third kappa shape index (κ3) is 2.75. The molecule has 0 aromatic heterocycles. The Morgan fingerprint density at radius 1 is 0.955 bits per heavy atom. The number of hydrogen-bond acceptors (Lipinski definition) is 2. The highest BCUT2D eigenvalue weighted by Crippen LogP contribution is 2.55. The fraction of sp³-hybridized carbons (Fsp3) is 0.222. The predicted molar refractivity (Wildman–Crippen MR) is 85.3 cm³/mol. The average molecular weight is 361 g/mol. The zero-order chi connectivity index (χ0) is 15.9. The Hall–Kier alpha value is -1.81. The molecule has 0 spiro atoms. The fourth-order valence-electron chi connectivity index (χ4n) is 3.05. The second-order valence-electron chi connectivity index (χ2n) is 5.61. The van der Waals surface area contributed by atoms with Crippen LogP contribution in [-0.4, -0.2) is 11.6 Å². The predicted octanol–water partition coefficient (Wildman–Crippen LogP) is 4.39. The van der Waals surface area contributed by atoms with Crippen molar-refractivity contribution in [1.29, 1.82) is 0 Å². The molecule has 3 unspecified atom stereocenters. The molecule has 0 saturated heterocycles. The molecule has 0 aliphatic heterocycles. The molecule has 3 rings (SSSR count). The van der Waals surface area contributed by atoms with Crippen LogP contribution in [0.5, 0.6) is 0 Å². The Labute approximate surface area is 136 Å². The summed E-state index contributed by atoms with van der Waals surface area (Å²) in [6.45, 7) is 1.52. The first kappa shape index (κ1) is 15.1. The maximum atomic E-state index is 13.0. The van der Waals surface area contributed by atoms with Crippen molar-refractivity contribution in [2.45, 2.75) is 12.8 Å². The molecule has 2 aromatic rings. The van der Waals surface area contributed by atoms with Crippen LogP contribution in [0, 0.1) is 17.7 Å². The molecular formula is C18H14BrFO2. The molecule has 112 valence electrons. The Balaban J connectivity index is 1.88. The molecule has 22 heavy (non-hydrogen) atoms. The summed E-state index contributed by atoms with van der Waals surface area (Å²) in [5.41, 5.74) is 1.45. The third-order valence-corrected chi connectivity index (χ3v) is 4.70. The van der Waals surface area contributed by atoms with Crippen LogP contribution in [0.4, 0.5) is 4.39 Å². The van der Waals surface area contributed by atoms with E-state index in [1.54, 1.807) is 0 Å². The van der Waals surface area contributed by atoms with Crippen molar-refractivity contribution in [3.8, 4) is 0 Å². The molecule has 1 saturated carbocycles. The van der Waals surface area contributed by atoms with E-state index in [1.165, 1.54) is 31.2 Å². The van der Waals surface area contributed by atoms with Gasteiger partial charge in [0, 0.05) is 27.8 Å². The van der Waals surface area contributed by atoms with Crippen LogP contribution in [0.25, 0.3) is 0 Å². The van der Waals surface area contributed by atoms with E-state index in [9.17, 15) is 14.0 Å². The van der Waals surface area contributed by atoms with Crippen molar-refractivity contribution in [2.24, 2.45) is 11.8 Å². The van der Waals surface area contributed by atoms with Crippen molar-refractivity contribution >= 4 is 27.5 Å². The number of rotatable bonds is 4. The molecule has 0 amide bonds. The summed E-state index contributed by atoms with van der Waals surface area (Å²) in [6, 6.07) is 13.2. The normalized spacial score (nSPS) is 23.1. The van der Waals surface area contributed by atoms with Crippen LogP contribution in [-0.2, 0) is 4.79 Å². The number of ketones is 2. The third-order valence-electron chi connectivity index (χ3n) is 4.18. The molecule has 0 heterocycles. The first-order chi connectivity index (χ1) is 10.5. The van der Waals surface area contributed by atoms with E-state index in [0.717, 1.165) is 10.0 Å². The standard InChI is InChI=1S/C18H14BrFO2/c1-10(21)15-16(11-2-6-13(19)7-3-11)17(15)18(22)12-4-8-14(20)9-5-12/h2-9,15-17H,1H3. The fourth-order valence-corrected chi connectivity index (χ4v) is 3.31.